The number of carbonyl (C=O) groups is 1. The molecule has 1 aromatic carbocycles. The molecule has 5 nitrogen and oxygen atoms in total. The van der Waals surface area contributed by atoms with E-state index in [0.29, 0.717) is 4.47 Å². The van der Waals surface area contributed by atoms with Gasteiger partial charge in [0.2, 0.25) is 0 Å². The van der Waals surface area contributed by atoms with Crippen LogP contribution in [0.1, 0.15) is 20.8 Å². The van der Waals surface area contributed by atoms with E-state index in [2.05, 4.69) is 15.9 Å². The molecule has 7 heteroatoms. The van der Waals surface area contributed by atoms with Gasteiger partial charge in [0.1, 0.15) is 10.9 Å². The maximum Gasteiger partial charge on any atom is 0.410 e. The minimum atomic E-state index is -3.44. The first-order valence-electron chi connectivity index (χ1n) is 6.57. The lowest BCUT2D eigenvalue weighted by atomic mass is 10.2. The number of ether oxygens (including phenoxy) is 1. The van der Waals surface area contributed by atoms with E-state index >= 15 is 0 Å². The summed E-state index contributed by atoms with van der Waals surface area (Å²) < 4.78 is 30.7. The van der Waals surface area contributed by atoms with Gasteiger partial charge in [0.25, 0.3) is 0 Å². The Labute approximate surface area is 133 Å². The van der Waals surface area contributed by atoms with Gasteiger partial charge in [0.15, 0.2) is 9.84 Å². The molecule has 1 saturated heterocycles. The third-order valence-corrected chi connectivity index (χ3v) is 6.18. The van der Waals surface area contributed by atoms with Crippen LogP contribution in [0.3, 0.4) is 0 Å². The molecule has 0 N–H and O–H groups in total. The first-order valence-corrected chi connectivity index (χ1v) is 8.91. The number of hydrogen-bond acceptors (Lipinski definition) is 4. The maximum atomic E-state index is 12.5. The highest BCUT2D eigenvalue weighted by molar-refractivity contribution is 9.10. The number of sulfone groups is 1. The van der Waals surface area contributed by atoms with Crippen LogP contribution in [-0.2, 0) is 14.6 Å². The molecule has 1 aliphatic rings. The Bertz CT molecular complexity index is 645. The van der Waals surface area contributed by atoms with Crippen molar-refractivity contribution in [2.75, 3.05) is 13.1 Å². The summed E-state index contributed by atoms with van der Waals surface area (Å²) in [7, 11) is -3.44. The number of amides is 1. The fraction of sp³-hybridized carbons (Fsp3) is 0.500. The van der Waals surface area contributed by atoms with E-state index in [4.69, 9.17) is 4.74 Å². The van der Waals surface area contributed by atoms with Crippen LogP contribution in [0.4, 0.5) is 4.79 Å². The Morgan fingerprint density at radius 2 is 1.86 bits per heavy atom. The molecular weight excluding hydrogens is 358 g/mol. The van der Waals surface area contributed by atoms with Crippen molar-refractivity contribution >= 4 is 31.9 Å². The Balaban J connectivity index is 2.04. The molecule has 116 valence electrons. The van der Waals surface area contributed by atoms with E-state index in [9.17, 15) is 13.2 Å². The number of hydrogen-bond donors (Lipinski definition) is 0. The molecule has 0 spiro atoms. The number of carbonyl (C=O) groups excluding carboxylic acids is 1. The molecule has 0 aromatic heterocycles. The van der Waals surface area contributed by atoms with Gasteiger partial charge >= 0.3 is 6.09 Å². The highest BCUT2D eigenvalue weighted by Gasteiger charge is 2.42. The molecule has 1 heterocycles. The Morgan fingerprint density at radius 3 is 2.38 bits per heavy atom. The zero-order chi connectivity index (χ0) is 15.8. The highest BCUT2D eigenvalue weighted by Crippen LogP contribution is 2.29. The average Bonchev–Trinajstić information content (AvgIpc) is 2.23. The van der Waals surface area contributed by atoms with Crippen LogP contribution >= 0.6 is 15.9 Å². The van der Waals surface area contributed by atoms with Gasteiger partial charge < -0.3 is 9.64 Å². The summed E-state index contributed by atoms with van der Waals surface area (Å²) in [6.07, 6.45) is -0.471. The summed E-state index contributed by atoms with van der Waals surface area (Å²) in [6, 6.07) is 6.70. The maximum absolute atomic E-state index is 12.5. The molecule has 21 heavy (non-hydrogen) atoms. The van der Waals surface area contributed by atoms with Crippen LogP contribution in [0.25, 0.3) is 0 Å². The summed E-state index contributed by atoms with van der Waals surface area (Å²) in [4.78, 5) is 13.5. The minimum Gasteiger partial charge on any atom is -0.444 e. The molecule has 1 aliphatic heterocycles. The van der Waals surface area contributed by atoms with Crippen LogP contribution < -0.4 is 0 Å². The van der Waals surface area contributed by atoms with Gasteiger partial charge in [0.05, 0.1) is 4.90 Å². The minimum absolute atomic E-state index is 0.165. The predicted molar refractivity (Wildman–Crippen MR) is 82.9 cm³/mol. The Hall–Kier alpha value is -1.08. The second kappa shape index (κ2) is 5.61. The van der Waals surface area contributed by atoms with Gasteiger partial charge in [-0.25, -0.2) is 13.2 Å². The Morgan fingerprint density at radius 1 is 1.29 bits per heavy atom. The van der Waals surface area contributed by atoms with Gasteiger partial charge in [-0.15, -0.1) is 0 Å². The lowest BCUT2D eigenvalue weighted by Gasteiger charge is -2.39. The summed E-state index contributed by atoms with van der Waals surface area (Å²) in [5, 5.41) is -0.580. The lowest BCUT2D eigenvalue weighted by Crippen LogP contribution is -2.57. The monoisotopic (exact) mass is 375 g/mol. The lowest BCUT2D eigenvalue weighted by molar-refractivity contribution is 0.0139. The predicted octanol–water partition coefficient (Wildman–Crippen LogP) is 2.84. The fourth-order valence-electron chi connectivity index (χ4n) is 1.96. The van der Waals surface area contributed by atoms with Crippen LogP contribution in [-0.4, -0.2) is 43.4 Å². The number of halogens is 1. The Kier molecular flexibility index (Phi) is 4.35. The summed E-state index contributed by atoms with van der Waals surface area (Å²) in [6.45, 7) is 5.66. The fourth-order valence-corrected chi connectivity index (χ4v) is 4.65. The van der Waals surface area contributed by atoms with Gasteiger partial charge in [-0.2, -0.15) is 0 Å². The normalized spacial score (nSPS) is 16.5. The molecule has 2 rings (SSSR count). The van der Waals surface area contributed by atoms with Crippen LogP contribution in [0.2, 0.25) is 0 Å². The number of nitrogens with zero attached hydrogens (tertiary/aromatic N) is 1. The van der Waals surface area contributed by atoms with Crippen LogP contribution in [0.15, 0.2) is 33.6 Å². The van der Waals surface area contributed by atoms with Crippen molar-refractivity contribution in [3.05, 3.63) is 28.7 Å². The van der Waals surface area contributed by atoms with Crippen molar-refractivity contribution in [3.63, 3.8) is 0 Å². The third-order valence-electron chi connectivity index (χ3n) is 3.08. The van der Waals surface area contributed by atoms with Crippen molar-refractivity contribution in [3.8, 4) is 0 Å². The highest BCUT2D eigenvalue weighted by atomic mass is 79.9. The van der Waals surface area contributed by atoms with Gasteiger partial charge in [-0.1, -0.05) is 12.1 Å². The summed E-state index contributed by atoms with van der Waals surface area (Å²) >= 11 is 3.25. The smallest absolute Gasteiger partial charge is 0.410 e. The van der Waals surface area contributed by atoms with Gasteiger partial charge in [0, 0.05) is 17.6 Å². The topological polar surface area (TPSA) is 63.7 Å². The van der Waals surface area contributed by atoms with E-state index in [0.717, 1.165) is 0 Å². The number of likely N-dealkylation sites (tertiary alicyclic amines) is 1. The SMILES string of the molecule is CC(C)(C)OC(=O)N1CC(S(=O)(=O)c2ccccc2Br)C1. The molecule has 0 aliphatic carbocycles. The molecule has 1 fully saturated rings. The van der Waals surface area contributed by atoms with Crippen molar-refractivity contribution in [2.24, 2.45) is 0 Å². The molecule has 1 amide bonds. The quantitative estimate of drug-likeness (QED) is 0.796. The first-order chi connectivity index (χ1) is 9.61. The summed E-state index contributed by atoms with van der Waals surface area (Å²) in [5.41, 5.74) is -0.580. The van der Waals surface area contributed by atoms with Crippen molar-refractivity contribution in [1.29, 1.82) is 0 Å². The average molecular weight is 376 g/mol. The van der Waals surface area contributed by atoms with Crippen molar-refractivity contribution in [1.82, 2.24) is 4.90 Å². The van der Waals surface area contributed by atoms with Crippen molar-refractivity contribution in [2.45, 2.75) is 36.5 Å². The van der Waals surface area contributed by atoms with E-state index in [1.54, 1.807) is 45.0 Å². The molecule has 1 aromatic rings. The van der Waals surface area contributed by atoms with Crippen LogP contribution in [0.5, 0.6) is 0 Å². The van der Waals surface area contributed by atoms with Gasteiger partial charge in [-0.05, 0) is 48.8 Å². The molecular formula is C14H18BrNO4S. The van der Waals surface area contributed by atoms with E-state index in [1.807, 2.05) is 0 Å². The molecule has 0 radical (unpaired) electrons. The zero-order valence-electron chi connectivity index (χ0n) is 12.2. The van der Waals surface area contributed by atoms with Gasteiger partial charge in [-0.3, -0.25) is 0 Å². The van der Waals surface area contributed by atoms with E-state index < -0.39 is 26.8 Å². The largest absolute Gasteiger partial charge is 0.444 e. The molecule has 0 atom stereocenters. The second-order valence-electron chi connectivity index (χ2n) is 5.98. The van der Waals surface area contributed by atoms with E-state index in [1.165, 1.54) is 4.90 Å². The second-order valence-corrected chi connectivity index (χ2v) is 9.03. The molecule has 0 saturated carbocycles. The van der Waals surface area contributed by atoms with Crippen molar-refractivity contribution < 1.29 is 17.9 Å². The third kappa shape index (κ3) is 3.58. The number of rotatable bonds is 2. The zero-order valence-corrected chi connectivity index (χ0v) is 14.6. The van der Waals surface area contributed by atoms with E-state index in [-0.39, 0.29) is 18.0 Å². The first kappa shape index (κ1) is 16.3. The molecule has 0 bridgehead atoms. The standard InChI is InChI=1S/C14H18BrNO4S/c1-14(2,3)20-13(17)16-8-10(9-16)21(18,19)12-7-5-4-6-11(12)15/h4-7,10H,8-9H2,1-3H3. The summed E-state index contributed by atoms with van der Waals surface area (Å²) in [5.74, 6) is 0. The number of benzene rings is 1. The molecule has 0 unspecified atom stereocenters. The van der Waals surface area contributed by atoms with Crippen LogP contribution in [0, 0.1) is 0 Å².